The highest BCUT2D eigenvalue weighted by Crippen LogP contribution is 2.29. The van der Waals surface area contributed by atoms with Gasteiger partial charge in [-0.15, -0.1) is 0 Å². The topological polar surface area (TPSA) is 47.0 Å². The first-order valence-corrected chi connectivity index (χ1v) is 6.59. The molecule has 0 spiro atoms. The van der Waals surface area contributed by atoms with Gasteiger partial charge in [-0.2, -0.15) is 9.37 Å². The minimum absolute atomic E-state index is 0.0658. The van der Waals surface area contributed by atoms with Crippen molar-refractivity contribution in [3.05, 3.63) is 12.0 Å². The molecular formula is C13H20FN3O. The Kier molecular flexibility index (Phi) is 4.33. The number of anilines is 1. The summed E-state index contributed by atoms with van der Waals surface area (Å²) in [4.78, 5) is 7.82. The maximum atomic E-state index is 13.6. The van der Waals surface area contributed by atoms with E-state index in [0.717, 1.165) is 31.9 Å². The Bertz CT molecular complexity index is 400. The summed E-state index contributed by atoms with van der Waals surface area (Å²) in [6.07, 6.45) is 6.77. The van der Waals surface area contributed by atoms with Gasteiger partial charge in [0, 0.05) is 7.05 Å². The van der Waals surface area contributed by atoms with Crippen LogP contribution in [-0.2, 0) is 0 Å². The van der Waals surface area contributed by atoms with Gasteiger partial charge < -0.3 is 10.1 Å². The summed E-state index contributed by atoms with van der Waals surface area (Å²) in [5.41, 5.74) is 0. The Morgan fingerprint density at radius 1 is 1.50 bits per heavy atom. The Morgan fingerprint density at radius 3 is 3.06 bits per heavy atom. The fourth-order valence-corrected chi connectivity index (χ4v) is 2.43. The van der Waals surface area contributed by atoms with Crippen LogP contribution in [0.3, 0.4) is 0 Å². The minimum atomic E-state index is -0.493. The minimum Gasteiger partial charge on any atom is -0.472 e. The van der Waals surface area contributed by atoms with Crippen molar-refractivity contribution in [2.24, 2.45) is 5.92 Å². The quantitative estimate of drug-likeness (QED) is 0.896. The van der Waals surface area contributed by atoms with Gasteiger partial charge in [-0.1, -0.05) is 19.8 Å². The highest BCUT2D eigenvalue weighted by molar-refractivity contribution is 5.27. The largest absolute Gasteiger partial charge is 0.472 e. The molecule has 0 saturated heterocycles. The molecule has 1 heterocycles. The van der Waals surface area contributed by atoms with Gasteiger partial charge >= 0.3 is 0 Å². The summed E-state index contributed by atoms with van der Waals surface area (Å²) in [5, 5.41) is 2.78. The Labute approximate surface area is 107 Å². The second-order valence-electron chi connectivity index (χ2n) is 4.78. The first-order chi connectivity index (χ1) is 8.72. The van der Waals surface area contributed by atoms with Gasteiger partial charge in [0.15, 0.2) is 0 Å². The molecule has 0 radical (unpaired) electrons. The van der Waals surface area contributed by atoms with Gasteiger partial charge in [0.25, 0.3) is 5.88 Å². The third-order valence-electron chi connectivity index (χ3n) is 3.53. The van der Waals surface area contributed by atoms with E-state index in [1.54, 1.807) is 7.05 Å². The lowest BCUT2D eigenvalue weighted by atomic mass is 9.85. The smallest absolute Gasteiger partial charge is 0.255 e. The number of ether oxygens (including phenoxy) is 1. The van der Waals surface area contributed by atoms with Crippen molar-refractivity contribution in [3.63, 3.8) is 0 Å². The molecule has 1 aromatic heterocycles. The molecule has 2 atom stereocenters. The molecule has 1 N–H and O–H groups in total. The molecule has 0 aromatic carbocycles. The van der Waals surface area contributed by atoms with E-state index in [4.69, 9.17) is 4.74 Å². The van der Waals surface area contributed by atoms with Crippen LogP contribution in [-0.4, -0.2) is 23.1 Å². The zero-order valence-electron chi connectivity index (χ0n) is 10.9. The number of nitrogens with one attached hydrogen (secondary N) is 1. The second-order valence-corrected chi connectivity index (χ2v) is 4.78. The molecule has 0 aliphatic heterocycles. The van der Waals surface area contributed by atoms with Gasteiger partial charge in [0.2, 0.25) is 11.8 Å². The van der Waals surface area contributed by atoms with Crippen molar-refractivity contribution >= 4 is 5.95 Å². The molecule has 0 bridgehead atoms. The predicted octanol–water partition coefficient (Wildman–Crippen LogP) is 3.01. The fraction of sp³-hybridized carbons (Fsp3) is 0.692. The molecule has 0 amide bonds. The molecule has 1 aliphatic rings. The molecule has 1 aliphatic carbocycles. The first-order valence-electron chi connectivity index (χ1n) is 6.59. The molecule has 18 heavy (non-hydrogen) atoms. The third-order valence-corrected chi connectivity index (χ3v) is 3.53. The maximum Gasteiger partial charge on any atom is 0.255 e. The van der Waals surface area contributed by atoms with Gasteiger partial charge in [-0.3, -0.25) is 0 Å². The Balaban J connectivity index is 2.04. The molecule has 100 valence electrons. The summed E-state index contributed by atoms with van der Waals surface area (Å²) in [7, 11) is 1.70. The number of halogens is 1. The molecule has 1 fully saturated rings. The number of hydrogen-bond acceptors (Lipinski definition) is 4. The number of nitrogens with zero attached hydrogens (tertiary/aromatic N) is 2. The van der Waals surface area contributed by atoms with Crippen LogP contribution in [0.2, 0.25) is 0 Å². The van der Waals surface area contributed by atoms with Gasteiger partial charge in [0.05, 0.1) is 6.20 Å². The van der Waals surface area contributed by atoms with E-state index in [1.165, 1.54) is 6.42 Å². The number of rotatable bonds is 4. The zero-order valence-corrected chi connectivity index (χ0v) is 10.9. The average molecular weight is 253 g/mol. The molecule has 1 saturated carbocycles. The van der Waals surface area contributed by atoms with E-state index < -0.39 is 5.82 Å². The molecule has 5 heteroatoms. The van der Waals surface area contributed by atoms with Crippen molar-refractivity contribution in [2.45, 2.75) is 45.1 Å². The van der Waals surface area contributed by atoms with Crippen LogP contribution in [0.5, 0.6) is 5.88 Å². The third kappa shape index (κ3) is 3.09. The highest BCUT2D eigenvalue weighted by Gasteiger charge is 2.23. The summed E-state index contributed by atoms with van der Waals surface area (Å²) < 4.78 is 19.3. The standard InChI is InChI=1S/C13H20FN3O/c1-3-9-5-4-6-10(7-9)18-12-11(14)8-16-13(15-2)17-12/h8-10H,3-7H2,1-2H3,(H,15,16,17). The van der Waals surface area contributed by atoms with Crippen LogP contribution in [0.1, 0.15) is 39.0 Å². The van der Waals surface area contributed by atoms with Crippen LogP contribution in [0.25, 0.3) is 0 Å². The van der Waals surface area contributed by atoms with E-state index in [-0.39, 0.29) is 12.0 Å². The second kappa shape index (κ2) is 5.98. The van der Waals surface area contributed by atoms with Crippen molar-refractivity contribution in [1.82, 2.24) is 9.97 Å². The van der Waals surface area contributed by atoms with Crippen LogP contribution in [0, 0.1) is 11.7 Å². The summed E-state index contributed by atoms with van der Waals surface area (Å²) in [6.45, 7) is 2.19. The number of hydrogen-bond donors (Lipinski definition) is 1. The molecule has 4 nitrogen and oxygen atoms in total. The van der Waals surface area contributed by atoms with Crippen LogP contribution < -0.4 is 10.1 Å². The summed E-state index contributed by atoms with van der Waals surface area (Å²) >= 11 is 0. The molecular weight excluding hydrogens is 233 g/mol. The lowest BCUT2D eigenvalue weighted by Crippen LogP contribution is -2.26. The van der Waals surface area contributed by atoms with Crippen molar-refractivity contribution < 1.29 is 9.13 Å². The highest BCUT2D eigenvalue weighted by atomic mass is 19.1. The predicted molar refractivity (Wildman–Crippen MR) is 68.2 cm³/mol. The molecule has 2 rings (SSSR count). The van der Waals surface area contributed by atoms with E-state index in [2.05, 4.69) is 22.2 Å². The summed E-state index contributed by atoms with van der Waals surface area (Å²) in [6, 6.07) is 0. The lowest BCUT2D eigenvalue weighted by molar-refractivity contribution is 0.112. The van der Waals surface area contributed by atoms with Gasteiger partial charge in [-0.25, -0.2) is 4.98 Å². The number of aromatic nitrogens is 2. The van der Waals surface area contributed by atoms with E-state index in [9.17, 15) is 4.39 Å². The molecule has 2 unspecified atom stereocenters. The first kappa shape index (κ1) is 13.1. The average Bonchev–Trinajstić information content (AvgIpc) is 2.41. The van der Waals surface area contributed by atoms with Crippen LogP contribution >= 0.6 is 0 Å². The van der Waals surface area contributed by atoms with E-state index in [0.29, 0.717) is 11.9 Å². The summed E-state index contributed by atoms with van der Waals surface area (Å²) in [5.74, 6) is 0.649. The SMILES string of the molecule is CCC1CCCC(Oc2nc(NC)ncc2F)C1. The van der Waals surface area contributed by atoms with Crippen LogP contribution in [0.15, 0.2) is 6.20 Å². The van der Waals surface area contributed by atoms with E-state index >= 15 is 0 Å². The van der Waals surface area contributed by atoms with Crippen molar-refractivity contribution in [2.75, 3.05) is 12.4 Å². The van der Waals surface area contributed by atoms with E-state index in [1.807, 2.05) is 0 Å². The van der Waals surface area contributed by atoms with Gasteiger partial charge in [-0.05, 0) is 25.2 Å². The van der Waals surface area contributed by atoms with Crippen molar-refractivity contribution in [1.29, 1.82) is 0 Å². The Morgan fingerprint density at radius 2 is 2.33 bits per heavy atom. The monoisotopic (exact) mass is 253 g/mol. The fourth-order valence-electron chi connectivity index (χ4n) is 2.43. The normalized spacial score (nSPS) is 23.7. The van der Waals surface area contributed by atoms with Crippen molar-refractivity contribution in [3.8, 4) is 5.88 Å². The zero-order chi connectivity index (χ0) is 13.0. The van der Waals surface area contributed by atoms with Gasteiger partial charge in [0.1, 0.15) is 6.10 Å². The molecule has 1 aromatic rings. The Hall–Kier alpha value is -1.39. The van der Waals surface area contributed by atoms with Crippen LogP contribution in [0.4, 0.5) is 10.3 Å². The maximum absolute atomic E-state index is 13.6. The lowest BCUT2D eigenvalue weighted by Gasteiger charge is -2.28.